The Morgan fingerprint density at radius 3 is 2.57 bits per heavy atom. The van der Waals surface area contributed by atoms with E-state index in [0.29, 0.717) is 0 Å². The molecule has 1 aromatic carbocycles. The smallest absolute Gasteiger partial charge is 0.326 e. The molecule has 0 bridgehead atoms. The summed E-state index contributed by atoms with van der Waals surface area (Å²) in [6, 6.07) is 3.90. The first kappa shape index (κ1) is 5.33. The largest absolute Gasteiger partial charge is 0.480 e. The number of hydrogen-bond acceptors (Lipinski definition) is 2. The number of nitrogens with one attached hydrogen (secondary N) is 1. The van der Waals surface area contributed by atoms with Crippen molar-refractivity contribution < 1.29 is 39.4 Å². The van der Waals surface area contributed by atoms with Crippen LogP contribution in [-0.4, -0.2) is 23.0 Å². The molecule has 1 atom stereocenters. The Morgan fingerprint density at radius 1 is 1.35 bits per heavy atom. The molecular weight excluding hydrogens is 290 g/mol. The number of carbonyl (C=O) groups is 2. The minimum atomic E-state index is -4.71. The van der Waals surface area contributed by atoms with Crippen LogP contribution in [0.4, 0.5) is 0 Å². The van der Waals surface area contributed by atoms with Crippen LogP contribution in [0.5, 0.6) is 0 Å². The summed E-state index contributed by atoms with van der Waals surface area (Å²) in [4.78, 5) is 25.5. The molecular formula is C19H27NO3. The van der Waals surface area contributed by atoms with Gasteiger partial charge in [0.25, 0.3) is 0 Å². The monoisotopic (exact) mass is 335 g/mol. The maximum atomic E-state index is 13.5. The van der Waals surface area contributed by atoms with Crippen LogP contribution in [0.25, 0.3) is 0 Å². The van der Waals surface area contributed by atoms with Crippen LogP contribution >= 0.6 is 0 Å². The molecule has 0 aromatic heterocycles. The molecule has 1 amide bonds. The van der Waals surface area contributed by atoms with Gasteiger partial charge in [0, 0.05) is 35.6 Å². The van der Waals surface area contributed by atoms with Crippen molar-refractivity contribution in [2.45, 2.75) is 51.6 Å². The summed E-state index contributed by atoms with van der Waals surface area (Å²) in [5.74, 6) is -18.2. The number of carbonyl (C=O) groups excluding carboxylic acids is 1. The highest BCUT2D eigenvalue weighted by Gasteiger charge is 2.30. The van der Waals surface area contributed by atoms with E-state index in [9.17, 15) is 14.7 Å². The number of rotatable bonds is 6. The van der Waals surface area contributed by atoms with Crippen molar-refractivity contribution in [1.29, 1.82) is 0 Å². The molecule has 1 saturated carbocycles. The molecule has 0 radical (unpaired) electrons. The van der Waals surface area contributed by atoms with Gasteiger partial charge in [-0.25, -0.2) is 4.79 Å². The van der Waals surface area contributed by atoms with E-state index in [0.717, 1.165) is 0 Å². The Balaban J connectivity index is 2.91. The average molecular weight is 336 g/mol. The van der Waals surface area contributed by atoms with Crippen LogP contribution < -0.4 is 5.32 Å². The fourth-order valence-corrected chi connectivity index (χ4v) is 1.72. The van der Waals surface area contributed by atoms with Crippen molar-refractivity contribution in [2.24, 2.45) is 17.7 Å². The number of hydrogen-bond donors (Lipinski definition) is 2. The maximum absolute atomic E-state index is 13.5. The molecule has 1 aliphatic carbocycles. The maximum Gasteiger partial charge on any atom is 0.326 e. The van der Waals surface area contributed by atoms with Gasteiger partial charge in [0.2, 0.25) is 5.91 Å². The van der Waals surface area contributed by atoms with E-state index < -0.39 is 81.2 Å². The van der Waals surface area contributed by atoms with Crippen molar-refractivity contribution in [1.82, 2.24) is 5.32 Å². The molecule has 1 aromatic rings. The van der Waals surface area contributed by atoms with Crippen LogP contribution in [0.3, 0.4) is 0 Å². The van der Waals surface area contributed by atoms with Crippen LogP contribution in [0.2, 0.25) is 0 Å². The van der Waals surface area contributed by atoms with Crippen LogP contribution in [0, 0.1) is 17.7 Å². The average Bonchev–Trinajstić information content (AvgIpc) is 2.79. The van der Waals surface area contributed by atoms with Gasteiger partial charge in [0.05, 0.1) is 1.37 Å². The second kappa shape index (κ2) is 8.14. The lowest BCUT2D eigenvalue weighted by molar-refractivity contribution is -0.142. The van der Waals surface area contributed by atoms with Gasteiger partial charge in [-0.3, -0.25) is 4.79 Å². The summed E-state index contributed by atoms with van der Waals surface area (Å²) >= 11 is 0. The van der Waals surface area contributed by atoms with Crippen molar-refractivity contribution in [2.75, 3.05) is 0 Å². The van der Waals surface area contributed by atoms with E-state index in [1.165, 1.54) is 35.6 Å². The zero-order chi connectivity index (χ0) is 32.7. The van der Waals surface area contributed by atoms with Gasteiger partial charge in [-0.1, -0.05) is 44.0 Å². The molecule has 4 nitrogen and oxygen atoms in total. The number of benzene rings is 1. The van der Waals surface area contributed by atoms with Gasteiger partial charge < -0.3 is 10.4 Å². The van der Waals surface area contributed by atoms with Crippen LogP contribution in [0.15, 0.2) is 30.3 Å². The first-order valence-corrected chi connectivity index (χ1v) is 6.50. The molecule has 1 unspecified atom stereocenters. The second-order valence-corrected chi connectivity index (χ2v) is 4.53. The minimum absolute atomic E-state index is 0.115. The normalized spacial score (nSPS) is 52.2. The fraction of sp³-hybridized carbons (Fsp3) is 0.579. The standard InChI is InChI=1S/C19H27NO3/c1-13(2)15-8-10-16(11-9-15)18(21)20-17(19(22)23)12-14-6-4-3-5-7-14/h3-7,13,15-17H,8-12H2,1-2H3,(H,20,21)(H,22,23)/t15-,16-,17?/i1D3,2D3,8D2,9D2,10D2,11D2,13D,15D,16D,17D. The number of carboxylic acid groups (broad SMARTS) is 1. The Labute approximate surface area is 163 Å². The van der Waals surface area contributed by atoms with Gasteiger partial charge in [-0.2, -0.15) is 0 Å². The molecule has 0 aliphatic heterocycles. The SMILES string of the molecule is [2H]C(Cc1ccccc1)(NC(=O)[C@]1([2H])C([2H])([2H])C([2H])([2H])[C@@]([2H])(C([2H])(C([2H])([2H])[2H])C([2H])([2H])[2H])C([2H])([2H])C1([2H])[2H])C(=O)O. The third-order valence-electron chi connectivity index (χ3n) is 2.85. The number of amides is 1. The topological polar surface area (TPSA) is 66.4 Å². The zero-order valence-electron chi connectivity index (χ0n) is 29.9. The first-order valence-electron chi connectivity index (χ1n) is 15.5. The van der Waals surface area contributed by atoms with Gasteiger partial charge in [-0.15, -0.1) is 0 Å². The highest BCUT2D eigenvalue weighted by molar-refractivity contribution is 5.85. The van der Waals surface area contributed by atoms with Crippen LogP contribution in [-0.2, 0) is 16.0 Å². The highest BCUT2D eigenvalue weighted by atomic mass is 16.4. The zero-order valence-corrected chi connectivity index (χ0v) is 11.9. The van der Waals surface area contributed by atoms with E-state index in [-0.39, 0.29) is 5.56 Å². The molecule has 0 spiro atoms. The Hall–Kier alpha value is -1.84. The fourth-order valence-electron chi connectivity index (χ4n) is 1.72. The molecule has 0 saturated heterocycles. The highest BCUT2D eigenvalue weighted by Crippen LogP contribution is 2.33. The third kappa shape index (κ3) is 5.08. The van der Waals surface area contributed by atoms with E-state index >= 15 is 0 Å². The number of carboxylic acids is 1. The lowest BCUT2D eigenvalue weighted by Gasteiger charge is -2.30. The lowest BCUT2D eigenvalue weighted by Crippen LogP contribution is -2.45. The van der Waals surface area contributed by atoms with Crippen molar-refractivity contribution in [3.8, 4) is 0 Å². The summed E-state index contributed by atoms with van der Waals surface area (Å²) in [6.45, 7) is -8.57. The van der Waals surface area contributed by atoms with Gasteiger partial charge in [-0.05, 0) is 42.8 Å². The summed E-state index contributed by atoms with van der Waals surface area (Å²) in [5.41, 5.74) is 0.115. The third-order valence-corrected chi connectivity index (χ3v) is 2.85. The summed E-state index contributed by atoms with van der Waals surface area (Å²) in [6.07, 6.45) is -19.2. The predicted molar refractivity (Wildman–Crippen MR) is 90.0 cm³/mol. The van der Waals surface area contributed by atoms with E-state index in [1.54, 1.807) is 0 Å². The van der Waals surface area contributed by atoms with Gasteiger partial charge >= 0.3 is 5.97 Å². The lowest BCUT2D eigenvalue weighted by atomic mass is 9.76. The van der Waals surface area contributed by atoms with Gasteiger partial charge in [0.15, 0.2) is 0 Å². The molecule has 1 aliphatic rings. The van der Waals surface area contributed by atoms with E-state index in [2.05, 4.69) is 0 Å². The summed E-state index contributed by atoms with van der Waals surface area (Å²) in [5, 5.41) is 11.1. The molecule has 0 heterocycles. The van der Waals surface area contributed by atoms with Crippen molar-refractivity contribution >= 4 is 11.9 Å². The van der Waals surface area contributed by atoms with Crippen molar-refractivity contribution in [3.63, 3.8) is 0 Å². The Morgan fingerprint density at radius 2 is 2.00 bits per heavy atom. The van der Waals surface area contributed by atoms with E-state index in [4.69, 9.17) is 24.7 Å². The second-order valence-electron chi connectivity index (χ2n) is 4.53. The molecule has 2 rings (SSSR count). The van der Waals surface area contributed by atoms with Crippen LogP contribution in [0.1, 0.15) is 69.4 Å². The molecule has 126 valence electrons. The van der Waals surface area contributed by atoms with Gasteiger partial charge in [0.1, 0.15) is 6.02 Å². The summed E-state index contributed by atoms with van der Waals surface area (Å²) < 4.78 is 147. The minimum Gasteiger partial charge on any atom is -0.480 e. The molecule has 4 heteroatoms. The quantitative estimate of drug-likeness (QED) is 0.838. The molecule has 23 heavy (non-hydrogen) atoms. The number of aliphatic carboxylic acids is 1. The molecule has 2 N–H and O–H groups in total. The summed E-state index contributed by atoms with van der Waals surface area (Å²) in [7, 11) is 0. The Kier molecular flexibility index (Phi) is 1.89. The van der Waals surface area contributed by atoms with Crippen molar-refractivity contribution in [3.05, 3.63) is 35.9 Å². The van der Waals surface area contributed by atoms with E-state index in [1.807, 2.05) is 0 Å². The Bertz CT molecular complexity index is 1150. The predicted octanol–water partition coefficient (Wildman–Crippen LogP) is 3.26. The molecule has 1 fully saturated rings. The first-order chi connectivity index (χ1) is 17.9.